The van der Waals surface area contributed by atoms with Gasteiger partial charge in [-0.1, -0.05) is 0 Å². The predicted molar refractivity (Wildman–Crippen MR) is 116 cm³/mol. The first-order chi connectivity index (χ1) is 14.8. The maximum absolute atomic E-state index is 5.43. The molecule has 152 valence electrons. The predicted octanol–water partition coefficient (Wildman–Crippen LogP) is 3.38. The average Bonchev–Trinajstić information content (AvgIpc) is 3.23. The van der Waals surface area contributed by atoms with Crippen molar-refractivity contribution in [3.63, 3.8) is 0 Å². The third-order valence-electron chi connectivity index (χ3n) is 5.14. The van der Waals surface area contributed by atoms with Crippen molar-refractivity contribution in [1.29, 1.82) is 0 Å². The first-order valence-corrected chi connectivity index (χ1v) is 9.85. The molecule has 1 aliphatic heterocycles. The Morgan fingerprint density at radius 2 is 1.83 bits per heavy atom. The van der Waals surface area contributed by atoms with Crippen LogP contribution in [0, 0.1) is 0 Å². The number of nitrogens with one attached hydrogen (secondary N) is 1. The van der Waals surface area contributed by atoms with Gasteiger partial charge in [0.05, 0.1) is 26.5 Å². The van der Waals surface area contributed by atoms with Crippen LogP contribution in [0.3, 0.4) is 0 Å². The molecule has 0 unspecified atom stereocenters. The van der Waals surface area contributed by atoms with E-state index in [1.807, 2.05) is 24.4 Å². The number of ether oxygens (including phenoxy) is 2. The van der Waals surface area contributed by atoms with Gasteiger partial charge < -0.3 is 19.7 Å². The summed E-state index contributed by atoms with van der Waals surface area (Å²) in [5.74, 6) is 1.33. The summed E-state index contributed by atoms with van der Waals surface area (Å²) in [6.07, 6.45) is 5.46. The van der Waals surface area contributed by atoms with Gasteiger partial charge in [0, 0.05) is 54.1 Å². The number of aromatic nitrogens is 4. The van der Waals surface area contributed by atoms with E-state index in [-0.39, 0.29) is 0 Å². The molecule has 8 heteroatoms. The highest BCUT2D eigenvalue weighted by atomic mass is 16.5. The number of morpholine rings is 1. The number of hydrogen-bond acceptors (Lipinski definition) is 7. The Bertz CT molecular complexity index is 1130. The molecule has 1 aromatic carbocycles. The minimum atomic E-state index is 0.575. The van der Waals surface area contributed by atoms with E-state index in [9.17, 15) is 0 Å². The normalized spacial score (nSPS) is 14.1. The molecule has 8 nitrogen and oxygen atoms in total. The van der Waals surface area contributed by atoms with Crippen molar-refractivity contribution in [3.8, 4) is 17.0 Å². The van der Waals surface area contributed by atoms with Crippen molar-refractivity contribution < 1.29 is 9.47 Å². The van der Waals surface area contributed by atoms with Crippen molar-refractivity contribution in [2.75, 3.05) is 43.6 Å². The number of pyridine rings is 1. The van der Waals surface area contributed by atoms with E-state index in [0.717, 1.165) is 54.6 Å². The molecule has 0 bridgehead atoms. The highest BCUT2D eigenvalue weighted by molar-refractivity contribution is 5.77. The Kier molecular flexibility index (Phi) is 4.90. The van der Waals surface area contributed by atoms with Crippen molar-refractivity contribution >= 4 is 22.8 Å². The van der Waals surface area contributed by atoms with Crippen LogP contribution in [0.5, 0.6) is 5.88 Å². The van der Waals surface area contributed by atoms with Crippen LogP contribution in [0.4, 0.5) is 17.2 Å². The van der Waals surface area contributed by atoms with Gasteiger partial charge in [-0.15, -0.1) is 0 Å². The van der Waals surface area contributed by atoms with E-state index in [2.05, 4.69) is 44.6 Å². The van der Waals surface area contributed by atoms with Gasteiger partial charge in [-0.3, -0.25) is 0 Å². The van der Waals surface area contributed by atoms with Crippen LogP contribution in [0.15, 0.2) is 61.1 Å². The summed E-state index contributed by atoms with van der Waals surface area (Å²) in [5, 5.41) is 7.78. The van der Waals surface area contributed by atoms with Gasteiger partial charge in [0.2, 0.25) is 5.88 Å². The van der Waals surface area contributed by atoms with E-state index in [0.29, 0.717) is 5.88 Å². The lowest BCUT2D eigenvalue weighted by molar-refractivity contribution is 0.122. The second-order valence-corrected chi connectivity index (χ2v) is 7.00. The van der Waals surface area contributed by atoms with Crippen LogP contribution in [0.2, 0.25) is 0 Å². The Labute approximate surface area is 174 Å². The fraction of sp³-hybridized carbons (Fsp3) is 0.227. The molecule has 1 N–H and O–H groups in total. The van der Waals surface area contributed by atoms with Gasteiger partial charge in [-0.2, -0.15) is 5.10 Å². The highest BCUT2D eigenvalue weighted by Gasteiger charge is 2.12. The summed E-state index contributed by atoms with van der Waals surface area (Å²) in [4.78, 5) is 11.4. The molecule has 0 spiro atoms. The van der Waals surface area contributed by atoms with E-state index in [1.54, 1.807) is 24.0 Å². The number of fused-ring (bicyclic) bond motifs is 1. The van der Waals surface area contributed by atoms with E-state index < -0.39 is 0 Å². The molecule has 1 fully saturated rings. The molecular formula is C22H22N6O2. The zero-order valence-electron chi connectivity index (χ0n) is 16.7. The number of rotatable bonds is 5. The van der Waals surface area contributed by atoms with Gasteiger partial charge in [-0.05, 0) is 36.4 Å². The third-order valence-corrected chi connectivity index (χ3v) is 5.14. The summed E-state index contributed by atoms with van der Waals surface area (Å²) < 4.78 is 12.3. The van der Waals surface area contributed by atoms with E-state index in [4.69, 9.17) is 14.5 Å². The largest absolute Gasteiger partial charge is 0.481 e. The molecule has 1 aliphatic rings. The molecule has 0 amide bonds. The number of hydrogen-bond donors (Lipinski definition) is 1. The fourth-order valence-electron chi connectivity index (χ4n) is 3.53. The SMILES string of the molecule is COc1ccc(-c2cnn3ccc(Nc4ccc(N5CCOCC5)cc4)nc23)cn1. The Morgan fingerprint density at radius 1 is 1.00 bits per heavy atom. The third kappa shape index (κ3) is 3.65. The Morgan fingerprint density at radius 3 is 2.57 bits per heavy atom. The highest BCUT2D eigenvalue weighted by Crippen LogP contribution is 2.26. The molecule has 4 heterocycles. The Balaban J connectivity index is 1.38. The van der Waals surface area contributed by atoms with Crippen LogP contribution in [-0.2, 0) is 4.74 Å². The summed E-state index contributed by atoms with van der Waals surface area (Å²) in [6.45, 7) is 3.41. The fourth-order valence-corrected chi connectivity index (χ4v) is 3.53. The van der Waals surface area contributed by atoms with Gasteiger partial charge in [0.15, 0.2) is 5.65 Å². The number of anilines is 3. The van der Waals surface area contributed by atoms with Crippen molar-refractivity contribution in [2.24, 2.45) is 0 Å². The summed E-state index contributed by atoms with van der Waals surface area (Å²) >= 11 is 0. The van der Waals surface area contributed by atoms with Gasteiger partial charge in [-0.25, -0.2) is 14.5 Å². The number of benzene rings is 1. The minimum absolute atomic E-state index is 0.575. The first-order valence-electron chi connectivity index (χ1n) is 9.85. The van der Waals surface area contributed by atoms with Gasteiger partial charge in [0.25, 0.3) is 0 Å². The minimum Gasteiger partial charge on any atom is -0.481 e. The summed E-state index contributed by atoms with van der Waals surface area (Å²) in [6, 6.07) is 14.1. The second-order valence-electron chi connectivity index (χ2n) is 7.00. The molecule has 5 rings (SSSR count). The molecule has 0 saturated carbocycles. The lowest BCUT2D eigenvalue weighted by Crippen LogP contribution is -2.36. The molecule has 3 aromatic heterocycles. The van der Waals surface area contributed by atoms with E-state index >= 15 is 0 Å². The topological polar surface area (TPSA) is 76.8 Å². The second kappa shape index (κ2) is 8.00. The van der Waals surface area contributed by atoms with Crippen LogP contribution < -0.4 is 15.0 Å². The molecule has 0 atom stereocenters. The van der Waals surface area contributed by atoms with Crippen LogP contribution in [0.25, 0.3) is 16.8 Å². The van der Waals surface area contributed by atoms with Crippen molar-refractivity contribution in [3.05, 3.63) is 61.1 Å². The monoisotopic (exact) mass is 402 g/mol. The van der Waals surface area contributed by atoms with Crippen LogP contribution in [0.1, 0.15) is 0 Å². The number of nitrogens with zero attached hydrogens (tertiary/aromatic N) is 5. The summed E-state index contributed by atoms with van der Waals surface area (Å²) in [5.41, 5.74) is 4.80. The van der Waals surface area contributed by atoms with Gasteiger partial charge in [0.1, 0.15) is 5.82 Å². The molecule has 0 aliphatic carbocycles. The standard InChI is InChI=1S/C22H22N6O2/c1-29-21-7-2-16(14-23-21)19-15-24-28-9-8-20(26-22(19)28)25-17-3-5-18(6-4-17)27-10-12-30-13-11-27/h2-9,14-15H,10-13H2,1H3,(H,25,26). The maximum Gasteiger partial charge on any atom is 0.212 e. The lowest BCUT2D eigenvalue weighted by Gasteiger charge is -2.28. The van der Waals surface area contributed by atoms with Crippen molar-refractivity contribution in [2.45, 2.75) is 0 Å². The molecule has 30 heavy (non-hydrogen) atoms. The van der Waals surface area contributed by atoms with Crippen molar-refractivity contribution in [1.82, 2.24) is 19.6 Å². The smallest absolute Gasteiger partial charge is 0.212 e. The average molecular weight is 402 g/mol. The number of methoxy groups -OCH3 is 1. The summed E-state index contributed by atoms with van der Waals surface area (Å²) in [7, 11) is 1.60. The maximum atomic E-state index is 5.43. The Hall–Kier alpha value is -3.65. The molecular weight excluding hydrogens is 380 g/mol. The first kappa shape index (κ1) is 18.4. The zero-order valence-corrected chi connectivity index (χ0v) is 16.7. The molecule has 0 radical (unpaired) electrons. The quantitative estimate of drug-likeness (QED) is 0.548. The zero-order chi connectivity index (χ0) is 20.3. The van der Waals surface area contributed by atoms with E-state index in [1.165, 1.54) is 5.69 Å². The molecule has 4 aromatic rings. The lowest BCUT2D eigenvalue weighted by atomic mass is 10.1. The van der Waals surface area contributed by atoms with Crippen LogP contribution >= 0.6 is 0 Å². The molecule has 1 saturated heterocycles. The van der Waals surface area contributed by atoms with Gasteiger partial charge >= 0.3 is 0 Å². The van der Waals surface area contributed by atoms with Crippen LogP contribution in [-0.4, -0.2) is 53.0 Å².